The molecule has 3 N–H and O–H groups in total. The van der Waals surface area contributed by atoms with Gasteiger partial charge in [-0.15, -0.1) is 0 Å². The van der Waals surface area contributed by atoms with Crippen LogP contribution in [0.5, 0.6) is 0 Å². The fraction of sp³-hybridized carbons (Fsp3) is 0.471. The van der Waals surface area contributed by atoms with Crippen LogP contribution in [0.25, 0.3) is 0 Å². The molecule has 1 rings (SSSR count). The number of carboxylic acid groups (broad SMARTS) is 1. The maximum Gasteiger partial charge on any atom is 0.330 e. The van der Waals surface area contributed by atoms with Crippen LogP contribution in [0, 0.1) is 5.41 Å². The first-order valence-electron chi connectivity index (χ1n) is 7.57. The minimum Gasteiger partial charge on any atom is -0.479 e. The summed E-state index contributed by atoms with van der Waals surface area (Å²) in [4.78, 5) is 34.9. The van der Waals surface area contributed by atoms with Crippen molar-refractivity contribution in [1.29, 1.82) is 0 Å². The van der Waals surface area contributed by atoms with Crippen molar-refractivity contribution in [3.05, 3.63) is 35.9 Å². The molecule has 1 aromatic rings. The topological polar surface area (TPSA) is 95.5 Å². The van der Waals surface area contributed by atoms with E-state index >= 15 is 0 Å². The van der Waals surface area contributed by atoms with Crippen LogP contribution in [-0.4, -0.2) is 29.4 Å². The Bertz CT molecular complexity index is 549. The Kier molecular flexibility index (Phi) is 6.75. The number of aliphatic carboxylic acids is 1. The van der Waals surface area contributed by atoms with Crippen molar-refractivity contribution in [2.24, 2.45) is 5.41 Å². The molecule has 0 saturated heterocycles. The molecular weight excluding hydrogens is 296 g/mol. The summed E-state index contributed by atoms with van der Waals surface area (Å²) < 4.78 is 0. The SMILES string of the molecule is CC(C)(C)C(=O)NCCCC(=O)NC(C(=O)O)c1ccccc1. The van der Waals surface area contributed by atoms with Crippen molar-refractivity contribution in [2.75, 3.05) is 6.54 Å². The van der Waals surface area contributed by atoms with Gasteiger partial charge in [0.25, 0.3) is 0 Å². The van der Waals surface area contributed by atoms with E-state index < -0.39 is 17.4 Å². The molecule has 0 aliphatic heterocycles. The van der Waals surface area contributed by atoms with Crippen LogP contribution in [0.1, 0.15) is 45.2 Å². The van der Waals surface area contributed by atoms with Crippen molar-refractivity contribution in [1.82, 2.24) is 10.6 Å². The van der Waals surface area contributed by atoms with Gasteiger partial charge in [-0.05, 0) is 12.0 Å². The largest absolute Gasteiger partial charge is 0.479 e. The average Bonchev–Trinajstić information content (AvgIpc) is 2.48. The van der Waals surface area contributed by atoms with E-state index in [0.717, 1.165) is 0 Å². The van der Waals surface area contributed by atoms with Gasteiger partial charge < -0.3 is 15.7 Å². The second kappa shape index (κ2) is 8.31. The van der Waals surface area contributed by atoms with Gasteiger partial charge in [-0.25, -0.2) is 4.79 Å². The van der Waals surface area contributed by atoms with E-state index in [0.29, 0.717) is 18.5 Å². The molecular formula is C17H24N2O4. The van der Waals surface area contributed by atoms with Crippen LogP contribution < -0.4 is 10.6 Å². The molecule has 0 aliphatic carbocycles. The Morgan fingerprint density at radius 3 is 2.26 bits per heavy atom. The highest BCUT2D eigenvalue weighted by Crippen LogP contribution is 2.13. The zero-order chi connectivity index (χ0) is 17.5. The molecule has 126 valence electrons. The fourth-order valence-corrected chi connectivity index (χ4v) is 1.88. The van der Waals surface area contributed by atoms with Crippen LogP contribution in [0.3, 0.4) is 0 Å². The Balaban J connectivity index is 2.43. The molecule has 2 amide bonds. The molecule has 1 aromatic carbocycles. The Morgan fingerprint density at radius 1 is 1.13 bits per heavy atom. The van der Waals surface area contributed by atoms with Crippen LogP contribution in [-0.2, 0) is 14.4 Å². The summed E-state index contributed by atoms with van der Waals surface area (Å²) in [6.07, 6.45) is 0.607. The predicted octanol–water partition coefficient (Wildman–Crippen LogP) is 1.87. The lowest BCUT2D eigenvalue weighted by atomic mass is 9.96. The normalized spacial score (nSPS) is 12.3. The van der Waals surface area contributed by atoms with Gasteiger partial charge in [-0.3, -0.25) is 9.59 Å². The minimum atomic E-state index is -1.11. The first-order valence-corrected chi connectivity index (χ1v) is 7.57. The third-order valence-electron chi connectivity index (χ3n) is 3.23. The van der Waals surface area contributed by atoms with Gasteiger partial charge in [0.15, 0.2) is 6.04 Å². The van der Waals surface area contributed by atoms with E-state index in [1.54, 1.807) is 30.3 Å². The molecule has 6 heteroatoms. The van der Waals surface area contributed by atoms with E-state index in [2.05, 4.69) is 10.6 Å². The van der Waals surface area contributed by atoms with Crippen molar-refractivity contribution in [3.8, 4) is 0 Å². The predicted molar refractivity (Wildman–Crippen MR) is 86.7 cm³/mol. The molecule has 0 radical (unpaired) electrons. The molecule has 6 nitrogen and oxygen atoms in total. The van der Waals surface area contributed by atoms with Crippen molar-refractivity contribution in [3.63, 3.8) is 0 Å². The smallest absolute Gasteiger partial charge is 0.330 e. The van der Waals surface area contributed by atoms with Gasteiger partial charge in [-0.1, -0.05) is 51.1 Å². The fourth-order valence-electron chi connectivity index (χ4n) is 1.88. The Morgan fingerprint density at radius 2 is 1.74 bits per heavy atom. The molecule has 0 saturated carbocycles. The Labute approximate surface area is 136 Å². The first-order chi connectivity index (χ1) is 10.7. The second-order valence-corrected chi connectivity index (χ2v) is 6.36. The van der Waals surface area contributed by atoms with Crippen molar-refractivity contribution in [2.45, 2.75) is 39.7 Å². The van der Waals surface area contributed by atoms with Gasteiger partial charge in [-0.2, -0.15) is 0 Å². The van der Waals surface area contributed by atoms with E-state index in [1.807, 2.05) is 20.8 Å². The number of hydrogen-bond acceptors (Lipinski definition) is 3. The molecule has 0 heterocycles. The molecule has 0 fully saturated rings. The zero-order valence-electron chi connectivity index (χ0n) is 13.8. The molecule has 1 unspecified atom stereocenters. The maximum atomic E-state index is 11.9. The summed E-state index contributed by atoms with van der Waals surface area (Å²) in [5.41, 5.74) is 0.0543. The lowest BCUT2D eigenvalue weighted by Crippen LogP contribution is -2.36. The molecule has 23 heavy (non-hydrogen) atoms. The van der Waals surface area contributed by atoms with E-state index in [-0.39, 0.29) is 18.2 Å². The molecule has 0 bridgehead atoms. The third-order valence-corrected chi connectivity index (χ3v) is 3.23. The highest BCUT2D eigenvalue weighted by atomic mass is 16.4. The highest BCUT2D eigenvalue weighted by molar-refractivity contribution is 5.84. The highest BCUT2D eigenvalue weighted by Gasteiger charge is 2.22. The lowest BCUT2D eigenvalue weighted by Gasteiger charge is -2.18. The van der Waals surface area contributed by atoms with E-state index in [4.69, 9.17) is 0 Å². The monoisotopic (exact) mass is 320 g/mol. The quantitative estimate of drug-likeness (QED) is 0.668. The minimum absolute atomic E-state index is 0.0781. The summed E-state index contributed by atoms with van der Waals surface area (Å²) in [5, 5.41) is 14.5. The molecule has 1 atom stereocenters. The zero-order valence-corrected chi connectivity index (χ0v) is 13.8. The van der Waals surface area contributed by atoms with Crippen LogP contribution in [0.4, 0.5) is 0 Å². The van der Waals surface area contributed by atoms with Gasteiger partial charge in [0.05, 0.1) is 0 Å². The number of benzene rings is 1. The van der Waals surface area contributed by atoms with Gasteiger partial charge in [0.1, 0.15) is 0 Å². The summed E-state index contributed by atoms with van der Waals surface area (Å²) >= 11 is 0. The number of hydrogen-bond donors (Lipinski definition) is 3. The van der Waals surface area contributed by atoms with E-state index in [9.17, 15) is 19.5 Å². The van der Waals surface area contributed by atoms with E-state index in [1.165, 1.54) is 0 Å². The van der Waals surface area contributed by atoms with Gasteiger partial charge >= 0.3 is 5.97 Å². The summed E-state index contributed by atoms with van der Waals surface area (Å²) in [6.45, 7) is 5.82. The number of carbonyl (C=O) groups excluding carboxylic acids is 2. The lowest BCUT2D eigenvalue weighted by molar-refractivity contribution is -0.142. The third kappa shape index (κ3) is 6.50. The Hall–Kier alpha value is -2.37. The number of amides is 2. The van der Waals surface area contributed by atoms with Crippen molar-refractivity contribution < 1.29 is 19.5 Å². The van der Waals surface area contributed by atoms with Crippen LogP contribution >= 0.6 is 0 Å². The number of carboxylic acids is 1. The average molecular weight is 320 g/mol. The number of nitrogens with one attached hydrogen (secondary N) is 2. The van der Waals surface area contributed by atoms with Gasteiger partial charge in [0, 0.05) is 18.4 Å². The molecule has 0 aromatic heterocycles. The number of carbonyl (C=O) groups is 3. The summed E-state index contributed by atoms with van der Waals surface area (Å²) in [5.74, 6) is -1.54. The summed E-state index contributed by atoms with van der Waals surface area (Å²) in [6, 6.07) is 7.47. The number of rotatable bonds is 7. The standard InChI is InChI=1S/C17H24N2O4/c1-17(2,3)16(23)18-11-7-10-13(20)19-14(15(21)22)12-8-5-4-6-9-12/h4-6,8-9,14H,7,10-11H2,1-3H3,(H,18,23)(H,19,20)(H,21,22). The van der Waals surface area contributed by atoms with Gasteiger partial charge in [0.2, 0.25) is 11.8 Å². The molecule has 0 aliphatic rings. The first kappa shape index (κ1) is 18.7. The maximum absolute atomic E-state index is 11.9. The van der Waals surface area contributed by atoms with Crippen LogP contribution in [0.15, 0.2) is 30.3 Å². The van der Waals surface area contributed by atoms with Crippen LogP contribution in [0.2, 0.25) is 0 Å². The second-order valence-electron chi connectivity index (χ2n) is 6.36. The summed E-state index contributed by atoms with van der Waals surface area (Å²) in [7, 11) is 0. The van der Waals surface area contributed by atoms with Crippen molar-refractivity contribution >= 4 is 17.8 Å². The molecule has 0 spiro atoms.